The lowest BCUT2D eigenvalue weighted by atomic mass is 10.1. The molecule has 110 valence electrons. The second-order valence-electron chi connectivity index (χ2n) is 4.88. The van der Waals surface area contributed by atoms with Gasteiger partial charge < -0.3 is 14.8 Å². The standard InChI is InChI=1S/C14H14N2O5/c17-12-6-5-8(13(18)16-12)15-14(19)11-7-20-9-3-1-2-4-10(9)21-11/h1-4,8,11H,5-7H2,(H,15,19)(H,16,17,18). The molecule has 21 heavy (non-hydrogen) atoms. The van der Waals surface area contributed by atoms with Gasteiger partial charge in [0.2, 0.25) is 17.9 Å². The first kappa shape index (κ1) is 13.4. The van der Waals surface area contributed by atoms with Crippen molar-refractivity contribution < 1.29 is 23.9 Å². The van der Waals surface area contributed by atoms with Crippen LogP contribution in [0.15, 0.2) is 24.3 Å². The van der Waals surface area contributed by atoms with Crippen LogP contribution in [0.2, 0.25) is 0 Å². The summed E-state index contributed by atoms with van der Waals surface area (Å²) in [6.07, 6.45) is -0.312. The highest BCUT2D eigenvalue weighted by atomic mass is 16.6. The van der Waals surface area contributed by atoms with E-state index in [9.17, 15) is 14.4 Å². The van der Waals surface area contributed by atoms with E-state index in [0.29, 0.717) is 17.9 Å². The third kappa shape index (κ3) is 2.81. The maximum absolute atomic E-state index is 12.1. The van der Waals surface area contributed by atoms with E-state index in [-0.39, 0.29) is 18.9 Å². The zero-order chi connectivity index (χ0) is 14.8. The van der Waals surface area contributed by atoms with Crippen LogP contribution in [0, 0.1) is 0 Å². The second kappa shape index (κ2) is 5.43. The molecule has 0 radical (unpaired) electrons. The van der Waals surface area contributed by atoms with Gasteiger partial charge in [0.25, 0.3) is 5.91 Å². The van der Waals surface area contributed by atoms with Crippen molar-refractivity contribution in [1.82, 2.24) is 10.6 Å². The van der Waals surface area contributed by atoms with E-state index in [2.05, 4.69) is 10.6 Å². The molecule has 2 N–H and O–H groups in total. The lowest BCUT2D eigenvalue weighted by molar-refractivity contribution is -0.139. The van der Waals surface area contributed by atoms with Crippen LogP contribution in [0.25, 0.3) is 0 Å². The van der Waals surface area contributed by atoms with Crippen LogP contribution in [0.1, 0.15) is 12.8 Å². The largest absolute Gasteiger partial charge is 0.485 e. The summed E-state index contributed by atoms with van der Waals surface area (Å²) in [6.45, 7) is 0.0795. The molecule has 1 aromatic carbocycles. The number of rotatable bonds is 2. The van der Waals surface area contributed by atoms with Gasteiger partial charge in [-0.3, -0.25) is 19.7 Å². The van der Waals surface area contributed by atoms with E-state index < -0.39 is 24.0 Å². The monoisotopic (exact) mass is 290 g/mol. The van der Waals surface area contributed by atoms with Crippen LogP contribution in [0.3, 0.4) is 0 Å². The van der Waals surface area contributed by atoms with Gasteiger partial charge >= 0.3 is 0 Å². The molecule has 0 aromatic heterocycles. The minimum Gasteiger partial charge on any atom is -0.485 e. The number of hydrogen-bond acceptors (Lipinski definition) is 5. The smallest absolute Gasteiger partial charge is 0.265 e. The molecule has 1 aromatic rings. The molecule has 2 aliphatic heterocycles. The van der Waals surface area contributed by atoms with Crippen molar-refractivity contribution in [1.29, 1.82) is 0 Å². The number of imide groups is 1. The topological polar surface area (TPSA) is 93.7 Å². The van der Waals surface area contributed by atoms with Crippen molar-refractivity contribution >= 4 is 17.7 Å². The third-order valence-electron chi connectivity index (χ3n) is 3.36. The van der Waals surface area contributed by atoms with Crippen LogP contribution in [0.5, 0.6) is 11.5 Å². The highest BCUT2D eigenvalue weighted by Crippen LogP contribution is 2.30. The van der Waals surface area contributed by atoms with Gasteiger partial charge in [-0.1, -0.05) is 12.1 Å². The summed E-state index contributed by atoms with van der Waals surface area (Å²) in [5, 5.41) is 4.77. The molecule has 2 unspecified atom stereocenters. The van der Waals surface area contributed by atoms with Gasteiger partial charge in [-0.05, 0) is 18.6 Å². The number of ether oxygens (including phenoxy) is 2. The Kier molecular flexibility index (Phi) is 3.47. The van der Waals surface area contributed by atoms with Gasteiger partial charge in [-0.25, -0.2) is 0 Å². The molecule has 0 aliphatic carbocycles. The lowest BCUT2D eigenvalue weighted by Gasteiger charge is -2.28. The van der Waals surface area contributed by atoms with E-state index in [0.717, 1.165) is 0 Å². The Morgan fingerprint density at radius 1 is 1.24 bits per heavy atom. The molecule has 2 atom stereocenters. The molecule has 7 nitrogen and oxygen atoms in total. The predicted molar refractivity (Wildman–Crippen MR) is 70.7 cm³/mol. The first-order chi connectivity index (χ1) is 10.1. The van der Waals surface area contributed by atoms with Gasteiger partial charge in [0.05, 0.1) is 0 Å². The van der Waals surface area contributed by atoms with Crippen LogP contribution in [-0.2, 0) is 14.4 Å². The number of fused-ring (bicyclic) bond motifs is 1. The van der Waals surface area contributed by atoms with Gasteiger partial charge in [0, 0.05) is 6.42 Å². The molecule has 1 fully saturated rings. The van der Waals surface area contributed by atoms with Crippen molar-refractivity contribution in [2.75, 3.05) is 6.61 Å². The molecule has 2 aliphatic rings. The summed E-state index contributed by atoms with van der Waals surface area (Å²) in [5.74, 6) is -0.165. The maximum Gasteiger partial charge on any atom is 0.265 e. The van der Waals surface area contributed by atoms with Crippen LogP contribution < -0.4 is 20.1 Å². The van der Waals surface area contributed by atoms with Crippen LogP contribution in [0.4, 0.5) is 0 Å². The number of carbonyl (C=O) groups is 3. The van der Waals surface area contributed by atoms with Crippen molar-refractivity contribution in [3.05, 3.63) is 24.3 Å². The number of piperidine rings is 1. The average molecular weight is 290 g/mol. The van der Waals surface area contributed by atoms with Gasteiger partial charge in [0.1, 0.15) is 12.6 Å². The molecular formula is C14H14N2O5. The number of amides is 3. The van der Waals surface area contributed by atoms with Crippen molar-refractivity contribution in [3.63, 3.8) is 0 Å². The number of para-hydroxylation sites is 2. The Labute approximate surface area is 120 Å². The molecule has 0 spiro atoms. The van der Waals surface area contributed by atoms with Gasteiger partial charge in [0.15, 0.2) is 11.5 Å². The third-order valence-corrected chi connectivity index (χ3v) is 3.36. The Morgan fingerprint density at radius 3 is 2.76 bits per heavy atom. The number of hydrogen-bond donors (Lipinski definition) is 2. The first-order valence-electron chi connectivity index (χ1n) is 6.66. The average Bonchev–Trinajstić information content (AvgIpc) is 2.49. The summed E-state index contributed by atoms with van der Waals surface area (Å²) in [6, 6.07) is 6.34. The molecule has 3 rings (SSSR count). The summed E-state index contributed by atoms with van der Waals surface area (Å²) in [4.78, 5) is 34.8. The molecule has 0 saturated carbocycles. The quantitative estimate of drug-likeness (QED) is 0.732. The Bertz CT molecular complexity index is 601. The highest BCUT2D eigenvalue weighted by Gasteiger charge is 2.33. The normalized spacial score (nSPS) is 24.2. The van der Waals surface area contributed by atoms with Crippen molar-refractivity contribution in [3.8, 4) is 11.5 Å². The Balaban J connectivity index is 1.62. The number of nitrogens with one attached hydrogen (secondary N) is 2. The zero-order valence-electron chi connectivity index (χ0n) is 11.1. The summed E-state index contributed by atoms with van der Waals surface area (Å²) < 4.78 is 11.0. The maximum atomic E-state index is 12.1. The van der Waals surface area contributed by atoms with E-state index in [1.54, 1.807) is 18.2 Å². The minimum atomic E-state index is -0.815. The van der Waals surface area contributed by atoms with Crippen LogP contribution in [-0.4, -0.2) is 36.5 Å². The Hall–Kier alpha value is -2.57. The SMILES string of the molecule is O=C1CCC(NC(=O)C2COc3ccccc3O2)C(=O)N1. The molecule has 0 bridgehead atoms. The van der Waals surface area contributed by atoms with E-state index in [4.69, 9.17) is 9.47 Å². The highest BCUT2D eigenvalue weighted by molar-refractivity contribution is 6.02. The summed E-state index contributed by atoms with van der Waals surface area (Å²) in [7, 11) is 0. The second-order valence-corrected chi connectivity index (χ2v) is 4.88. The fourth-order valence-corrected chi connectivity index (χ4v) is 2.24. The fourth-order valence-electron chi connectivity index (χ4n) is 2.24. The van der Waals surface area contributed by atoms with E-state index in [1.807, 2.05) is 6.07 Å². The first-order valence-corrected chi connectivity index (χ1v) is 6.66. The fraction of sp³-hybridized carbons (Fsp3) is 0.357. The lowest BCUT2D eigenvalue weighted by Crippen LogP contribution is -2.55. The van der Waals surface area contributed by atoms with Gasteiger partial charge in [-0.15, -0.1) is 0 Å². The molecule has 2 heterocycles. The Morgan fingerprint density at radius 2 is 2.00 bits per heavy atom. The molecule has 3 amide bonds. The van der Waals surface area contributed by atoms with Crippen LogP contribution >= 0.6 is 0 Å². The van der Waals surface area contributed by atoms with E-state index in [1.165, 1.54) is 0 Å². The molecule has 1 saturated heterocycles. The van der Waals surface area contributed by atoms with E-state index >= 15 is 0 Å². The predicted octanol–water partition coefficient (Wildman–Crippen LogP) is -0.252. The van der Waals surface area contributed by atoms with Crippen molar-refractivity contribution in [2.24, 2.45) is 0 Å². The molecular weight excluding hydrogens is 276 g/mol. The number of benzene rings is 1. The minimum absolute atomic E-state index is 0.0795. The van der Waals surface area contributed by atoms with Crippen molar-refractivity contribution in [2.45, 2.75) is 25.0 Å². The molecule has 7 heteroatoms. The summed E-state index contributed by atoms with van der Waals surface area (Å²) in [5.41, 5.74) is 0. The zero-order valence-corrected chi connectivity index (χ0v) is 11.1. The number of carbonyl (C=O) groups excluding carboxylic acids is 3. The van der Waals surface area contributed by atoms with Gasteiger partial charge in [-0.2, -0.15) is 0 Å². The summed E-state index contributed by atoms with van der Waals surface area (Å²) >= 11 is 0.